The number of carbonyl (C=O) groups is 1. The predicted octanol–water partition coefficient (Wildman–Crippen LogP) is 2.72. The van der Waals surface area contributed by atoms with Gasteiger partial charge in [-0.3, -0.25) is 4.79 Å². The van der Waals surface area contributed by atoms with Crippen molar-refractivity contribution in [3.05, 3.63) is 47.6 Å². The average Bonchev–Trinajstić information content (AvgIpc) is 3.35. The molecule has 2 unspecified atom stereocenters. The molecule has 0 spiro atoms. The molecule has 0 aliphatic carbocycles. The first-order chi connectivity index (χ1) is 11.7. The number of hydrogen-bond donors (Lipinski definition) is 0. The van der Waals surface area contributed by atoms with Crippen molar-refractivity contribution in [1.82, 2.24) is 15.0 Å². The highest BCUT2D eigenvalue weighted by Gasteiger charge is 2.46. The third-order valence-corrected chi connectivity index (χ3v) is 5.10. The highest BCUT2D eigenvalue weighted by atomic mass is 16.5. The normalized spacial score (nSPS) is 26.9. The molecule has 3 heterocycles. The summed E-state index contributed by atoms with van der Waals surface area (Å²) in [7, 11) is 0. The van der Waals surface area contributed by atoms with Crippen LogP contribution in [0.4, 0.5) is 0 Å². The first-order valence-electron chi connectivity index (χ1n) is 8.47. The Morgan fingerprint density at radius 1 is 1.33 bits per heavy atom. The quantitative estimate of drug-likeness (QED) is 0.867. The van der Waals surface area contributed by atoms with Crippen LogP contribution >= 0.6 is 0 Å². The minimum atomic E-state index is -0.544. The molecule has 2 aromatic rings. The highest BCUT2D eigenvalue weighted by molar-refractivity contribution is 5.94. The van der Waals surface area contributed by atoms with Crippen molar-refractivity contribution in [2.45, 2.75) is 37.6 Å². The van der Waals surface area contributed by atoms with Crippen LogP contribution in [0.2, 0.25) is 0 Å². The van der Waals surface area contributed by atoms with Crippen molar-refractivity contribution in [2.24, 2.45) is 0 Å². The molecule has 0 bridgehead atoms. The van der Waals surface area contributed by atoms with Crippen LogP contribution in [-0.4, -0.2) is 40.7 Å². The zero-order valence-electron chi connectivity index (χ0n) is 13.8. The molecule has 2 saturated heterocycles. The summed E-state index contributed by atoms with van der Waals surface area (Å²) in [5.41, 5.74) is 0.145. The monoisotopic (exact) mass is 327 g/mol. The summed E-state index contributed by atoms with van der Waals surface area (Å²) in [6.07, 6.45) is 2.68. The van der Waals surface area contributed by atoms with Crippen LogP contribution in [0.15, 0.2) is 34.9 Å². The first-order valence-corrected chi connectivity index (χ1v) is 8.47. The van der Waals surface area contributed by atoms with E-state index in [1.807, 2.05) is 42.2 Å². The van der Waals surface area contributed by atoms with Crippen molar-refractivity contribution >= 4 is 5.91 Å². The van der Waals surface area contributed by atoms with Crippen LogP contribution in [0.25, 0.3) is 0 Å². The molecule has 2 fully saturated rings. The number of amides is 1. The van der Waals surface area contributed by atoms with Crippen molar-refractivity contribution in [2.75, 3.05) is 19.8 Å². The Labute approximate surface area is 140 Å². The van der Waals surface area contributed by atoms with Gasteiger partial charge in [-0.1, -0.05) is 23.4 Å². The molecular weight excluding hydrogens is 306 g/mol. The molecule has 4 rings (SSSR count). The standard InChI is InChI=1S/C18H21N3O3/c1-18(17-19-15(20-24-17)14-8-11-23-12-14)9-5-10-21(18)16(22)13-6-3-2-4-7-13/h2-4,6-7,14H,5,8-12H2,1H3. The van der Waals surface area contributed by atoms with Gasteiger partial charge in [0.25, 0.3) is 11.8 Å². The topological polar surface area (TPSA) is 68.5 Å². The Balaban J connectivity index is 1.62. The van der Waals surface area contributed by atoms with Crippen molar-refractivity contribution in [3.63, 3.8) is 0 Å². The van der Waals surface area contributed by atoms with Gasteiger partial charge in [0.05, 0.1) is 6.61 Å². The summed E-state index contributed by atoms with van der Waals surface area (Å²) < 4.78 is 11.0. The highest BCUT2D eigenvalue weighted by Crippen LogP contribution is 2.39. The first kappa shape index (κ1) is 15.3. The largest absolute Gasteiger partial charge is 0.381 e. The van der Waals surface area contributed by atoms with Crippen molar-refractivity contribution in [1.29, 1.82) is 0 Å². The van der Waals surface area contributed by atoms with Gasteiger partial charge < -0.3 is 14.2 Å². The number of hydrogen-bond acceptors (Lipinski definition) is 5. The zero-order chi connectivity index (χ0) is 16.6. The van der Waals surface area contributed by atoms with Gasteiger partial charge in [-0.05, 0) is 38.3 Å². The van der Waals surface area contributed by atoms with Gasteiger partial charge in [0, 0.05) is 24.6 Å². The van der Waals surface area contributed by atoms with Gasteiger partial charge >= 0.3 is 0 Å². The van der Waals surface area contributed by atoms with Gasteiger partial charge in [-0.15, -0.1) is 0 Å². The van der Waals surface area contributed by atoms with Crippen LogP contribution in [0.3, 0.4) is 0 Å². The lowest BCUT2D eigenvalue weighted by Gasteiger charge is -2.32. The maximum Gasteiger partial charge on any atom is 0.254 e. The SMILES string of the molecule is CC1(c2nc(C3CCOC3)no2)CCCN1C(=O)c1ccccc1. The molecule has 2 atom stereocenters. The summed E-state index contributed by atoms with van der Waals surface area (Å²) in [5.74, 6) is 1.44. The molecule has 6 heteroatoms. The van der Waals surface area contributed by atoms with E-state index in [4.69, 9.17) is 9.26 Å². The van der Waals surface area contributed by atoms with Gasteiger partial charge in [0.1, 0.15) is 5.54 Å². The number of nitrogens with zero attached hydrogens (tertiary/aromatic N) is 3. The fraction of sp³-hybridized carbons (Fsp3) is 0.500. The Hall–Kier alpha value is -2.21. The van der Waals surface area contributed by atoms with E-state index >= 15 is 0 Å². The Morgan fingerprint density at radius 2 is 2.17 bits per heavy atom. The maximum absolute atomic E-state index is 12.9. The molecule has 0 radical (unpaired) electrons. The van der Waals surface area contributed by atoms with Crippen LogP contribution in [-0.2, 0) is 10.3 Å². The zero-order valence-corrected chi connectivity index (χ0v) is 13.8. The van der Waals surface area contributed by atoms with E-state index in [1.54, 1.807) is 0 Å². The number of rotatable bonds is 3. The van der Waals surface area contributed by atoms with E-state index in [1.165, 1.54) is 0 Å². The Bertz CT molecular complexity index is 724. The molecular formula is C18H21N3O3. The lowest BCUT2D eigenvalue weighted by atomic mass is 9.97. The second-order valence-electron chi connectivity index (χ2n) is 6.72. The second kappa shape index (κ2) is 6.02. The van der Waals surface area contributed by atoms with Crippen LogP contribution in [0, 0.1) is 0 Å². The lowest BCUT2D eigenvalue weighted by Crippen LogP contribution is -2.43. The van der Waals surface area contributed by atoms with E-state index < -0.39 is 5.54 Å². The molecule has 2 aliphatic rings. The number of carbonyl (C=O) groups excluding carboxylic acids is 1. The third-order valence-electron chi connectivity index (χ3n) is 5.10. The predicted molar refractivity (Wildman–Crippen MR) is 86.5 cm³/mol. The second-order valence-corrected chi connectivity index (χ2v) is 6.72. The number of likely N-dealkylation sites (tertiary alicyclic amines) is 1. The molecule has 1 amide bonds. The summed E-state index contributed by atoms with van der Waals surface area (Å²) in [6, 6.07) is 9.36. The molecule has 1 aromatic heterocycles. The van der Waals surface area contributed by atoms with Crippen LogP contribution < -0.4 is 0 Å². The molecule has 24 heavy (non-hydrogen) atoms. The van der Waals surface area contributed by atoms with E-state index in [0.717, 1.165) is 25.9 Å². The van der Waals surface area contributed by atoms with Gasteiger partial charge in [0.2, 0.25) is 0 Å². The van der Waals surface area contributed by atoms with Crippen LogP contribution in [0.5, 0.6) is 0 Å². The van der Waals surface area contributed by atoms with Crippen LogP contribution in [0.1, 0.15) is 54.2 Å². The van der Waals surface area contributed by atoms with E-state index in [2.05, 4.69) is 10.1 Å². The van der Waals surface area contributed by atoms with Crippen molar-refractivity contribution < 1.29 is 14.1 Å². The number of benzene rings is 1. The average molecular weight is 327 g/mol. The summed E-state index contributed by atoms with van der Waals surface area (Å²) >= 11 is 0. The number of aromatic nitrogens is 2. The Morgan fingerprint density at radius 3 is 2.92 bits per heavy atom. The summed E-state index contributed by atoms with van der Waals surface area (Å²) in [6.45, 7) is 4.10. The molecule has 0 N–H and O–H groups in total. The van der Waals surface area contributed by atoms with Crippen molar-refractivity contribution in [3.8, 4) is 0 Å². The fourth-order valence-electron chi connectivity index (χ4n) is 3.61. The smallest absolute Gasteiger partial charge is 0.254 e. The Kier molecular flexibility index (Phi) is 3.84. The molecule has 2 aliphatic heterocycles. The lowest BCUT2D eigenvalue weighted by molar-refractivity contribution is 0.0551. The maximum atomic E-state index is 12.9. The van der Waals surface area contributed by atoms with Gasteiger partial charge in [0.15, 0.2) is 5.82 Å². The van der Waals surface area contributed by atoms with Gasteiger partial charge in [-0.25, -0.2) is 0 Å². The van der Waals surface area contributed by atoms with E-state index in [0.29, 0.717) is 30.4 Å². The van der Waals surface area contributed by atoms with Gasteiger partial charge in [-0.2, -0.15) is 4.98 Å². The van der Waals surface area contributed by atoms with E-state index in [9.17, 15) is 4.79 Å². The minimum Gasteiger partial charge on any atom is -0.381 e. The number of ether oxygens (including phenoxy) is 1. The fourth-order valence-corrected chi connectivity index (χ4v) is 3.61. The molecule has 1 aromatic carbocycles. The molecule has 6 nitrogen and oxygen atoms in total. The van der Waals surface area contributed by atoms with E-state index in [-0.39, 0.29) is 11.8 Å². The summed E-state index contributed by atoms with van der Waals surface area (Å²) in [5, 5.41) is 4.15. The third kappa shape index (κ3) is 2.51. The molecule has 126 valence electrons. The molecule has 0 saturated carbocycles. The summed E-state index contributed by atoms with van der Waals surface area (Å²) in [4.78, 5) is 19.4. The minimum absolute atomic E-state index is 0.0135.